The van der Waals surface area contributed by atoms with Gasteiger partial charge in [-0.05, 0) is 44.9 Å². The van der Waals surface area contributed by atoms with Gasteiger partial charge >= 0.3 is 0 Å². The largest absolute Gasteiger partial charge is 0.489 e. The van der Waals surface area contributed by atoms with Gasteiger partial charge in [0.15, 0.2) is 5.82 Å². The summed E-state index contributed by atoms with van der Waals surface area (Å²) < 4.78 is 11.2. The topological polar surface area (TPSA) is 105 Å². The van der Waals surface area contributed by atoms with Gasteiger partial charge in [0, 0.05) is 13.6 Å². The highest BCUT2D eigenvalue weighted by atomic mass is 16.5. The van der Waals surface area contributed by atoms with Crippen molar-refractivity contribution in [1.82, 2.24) is 15.1 Å². The van der Waals surface area contributed by atoms with Crippen molar-refractivity contribution >= 4 is 23.4 Å². The van der Waals surface area contributed by atoms with E-state index < -0.39 is 0 Å². The van der Waals surface area contributed by atoms with Crippen LogP contribution in [0.15, 0.2) is 28.8 Å². The maximum Gasteiger partial charge on any atom is 0.246 e. The molecular weight excluding hydrogens is 408 g/mol. The molecule has 0 aliphatic carbocycles. The van der Waals surface area contributed by atoms with Crippen LogP contribution in [0, 0.1) is 13.8 Å². The van der Waals surface area contributed by atoms with Gasteiger partial charge < -0.3 is 24.8 Å². The standard InChI is InChI=1S/C23H28N6O3/c1-6-19-18(15(4)32-28-19)12-31-17-9-7-16(8-10-17)11-24-23-25-13(2)20-21(27-23)29(5)14(3)22(30)26-20/h7-10,14H,6,11-12H2,1-5H3,(H,26,30)(H,24,25,27)/t14-/m0/s1. The summed E-state index contributed by atoms with van der Waals surface area (Å²) in [6.07, 6.45) is 0.811. The van der Waals surface area contributed by atoms with Crippen LogP contribution in [0.2, 0.25) is 0 Å². The Morgan fingerprint density at radius 3 is 2.69 bits per heavy atom. The number of rotatable bonds is 7. The fraction of sp³-hybridized carbons (Fsp3) is 0.391. The number of ether oxygens (including phenoxy) is 1. The third-order valence-corrected chi connectivity index (χ3v) is 5.77. The van der Waals surface area contributed by atoms with Crippen LogP contribution in [0.1, 0.15) is 42.1 Å². The van der Waals surface area contributed by atoms with Crippen molar-refractivity contribution < 1.29 is 14.1 Å². The lowest BCUT2D eigenvalue weighted by atomic mass is 10.1. The van der Waals surface area contributed by atoms with Crippen LogP contribution in [0.25, 0.3) is 0 Å². The predicted molar refractivity (Wildman–Crippen MR) is 122 cm³/mol. The highest BCUT2D eigenvalue weighted by Crippen LogP contribution is 2.32. The van der Waals surface area contributed by atoms with Crippen LogP contribution in [-0.4, -0.2) is 34.1 Å². The molecular formula is C23H28N6O3. The first-order chi connectivity index (χ1) is 15.4. The van der Waals surface area contributed by atoms with Crippen LogP contribution >= 0.6 is 0 Å². The number of amides is 1. The average molecular weight is 437 g/mol. The molecule has 1 aromatic carbocycles. The van der Waals surface area contributed by atoms with Crippen molar-refractivity contribution in [3.05, 3.63) is 52.5 Å². The van der Waals surface area contributed by atoms with E-state index in [2.05, 4.69) is 25.8 Å². The zero-order chi connectivity index (χ0) is 22.8. The van der Waals surface area contributed by atoms with E-state index in [1.165, 1.54) is 0 Å². The van der Waals surface area contributed by atoms with Crippen molar-refractivity contribution in [3.8, 4) is 5.75 Å². The number of likely N-dealkylation sites (N-methyl/N-ethyl adjacent to an activating group) is 1. The molecule has 0 saturated heterocycles. The molecule has 2 N–H and O–H groups in total. The summed E-state index contributed by atoms with van der Waals surface area (Å²) in [5.41, 5.74) is 4.40. The second-order valence-corrected chi connectivity index (χ2v) is 7.91. The first kappa shape index (κ1) is 21.6. The summed E-state index contributed by atoms with van der Waals surface area (Å²) in [5, 5.41) is 10.2. The van der Waals surface area contributed by atoms with E-state index in [4.69, 9.17) is 9.26 Å². The van der Waals surface area contributed by atoms with E-state index in [1.54, 1.807) is 0 Å². The molecule has 9 nitrogen and oxygen atoms in total. The predicted octanol–water partition coefficient (Wildman–Crippen LogP) is 3.61. The summed E-state index contributed by atoms with van der Waals surface area (Å²) in [6.45, 7) is 8.65. The Balaban J connectivity index is 1.39. The molecule has 9 heteroatoms. The van der Waals surface area contributed by atoms with Gasteiger partial charge in [-0.3, -0.25) is 4.79 Å². The average Bonchev–Trinajstić information content (AvgIpc) is 3.15. The molecule has 0 bridgehead atoms. The van der Waals surface area contributed by atoms with E-state index in [0.717, 1.165) is 40.4 Å². The minimum absolute atomic E-state index is 0.0557. The molecule has 3 aromatic rings. The van der Waals surface area contributed by atoms with Gasteiger partial charge in [0.05, 0.1) is 17.0 Å². The van der Waals surface area contributed by atoms with Gasteiger partial charge in [-0.25, -0.2) is 4.98 Å². The zero-order valence-corrected chi connectivity index (χ0v) is 19.0. The number of nitrogens with one attached hydrogen (secondary N) is 2. The molecule has 1 aliphatic heterocycles. The zero-order valence-electron chi connectivity index (χ0n) is 19.0. The number of fused-ring (bicyclic) bond motifs is 1. The molecule has 2 aromatic heterocycles. The molecule has 4 rings (SSSR count). The summed E-state index contributed by atoms with van der Waals surface area (Å²) in [6, 6.07) is 7.60. The van der Waals surface area contributed by atoms with Gasteiger partial charge in [0.1, 0.15) is 29.8 Å². The number of aryl methyl sites for hydroxylation is 3. The summed E-state index contributed by atoms with van der Waals surface area (Å²) in [5.74, 6) is 2.75. The molecule has 3 heterocycles. The quantitative estimate of drug-likeness (QED) is 0.579. The number of aromatic nitrogens is 3. The first-order valence-electron chi connectivity index (χ1n) is 10.7. The van der Waals surface area contributed by atoms with Crippen molar-refractivity contribution in [2.45, 2.75) is 53.3 Å². The molecule has 0 fully saturated rings. The number of hydrogen-bond donors (Lipinski definition) is 2. The summed E-state index contributed by atoms with van der Waals surface area (Å²) in [7, 11) is 1.86. The maximum atomic E-state index is 12.1. The molecule has 1 aliphatic rings. The highest BCUT2D eigenvalue weighted by Gasteiger charge is 2.30. The minimum Gasteiger partial charge on any atom is -0.489 e. The van der Waals surface area contributed by atoms with Crippen LogP contribution in [0.5, 0.6) is 5.75 Å². The Kier molecular flexibility index (Phi) is 5.98. The normalized spacial score (nSPS) is 15.3. The Morgan fingerprint density at radius 2 is 1.97 bits per heavy atom. The third kappa shape index (κ3) is 4.23. The fourth-order valence-electron chi connectivity index (χ4n) is 3.57. The van der Waals surface area contributed by atoms with Gasteiger partial charge in [0.2, 0.25) is 11.9 Å². The maximum absolute atomic E-state index is 12.1. The molecule has 0 unspecified atom stereocenters. The van der Waals surface area contributed by atoms with Crippen LogP contribution in [0.4, 0.5) is 17.5 Å². The molecule has 32 heavy (non-hydrogen) atoms. The number of carbonyl (C=O) groups is 1. The van der Waals surface area contributed by atoms with E-state index >= 15 is 0 Å². The van der Waals surface area contributed by atoms with Crippen LogP contribution < -0.4 is 20.3 Å². The van der Waals surface area contributed by atoms with Crippen molar-refractivity contribution in [1.29, 1.82) is 0 Å². The number of nitrogens with zero attached hydrogens (tertiary/aromatic N) is 4. The Labute approximate surface area is 187 Å². The SMILES string of the molecule is CCc1noc(C)c1COc1ccc(CNc2nc(C)c3c(n2)N(C)[C@@H](C)C(=O)N3)cc1. The monoisotopic (exact) mass is 436 g/mol. The molecule has 1 atom stereocenters. The lowest BCUT2D eigenvalue weighted by molar-refractivity contribution is -0.117. The van der Waals surface area contributed by atoms with Crippen molar-refractivity contribution in [2.24, 2.45) is 0 Å². The lowest BCUT2D eigenvalue weighted by Crippen LogP contribution is -2.44. The highest BCUT2D eigenvalue weighted by molar-refractivity contribution is 6.03. The second kappa shape index (κ2) is 8.86. The molecule has 0 saturated carbocycles. The van der Waals surface area contributed by atoms with E-state index in [-0.39, 0.29) is 11.9 Å². The number of carbonyl (C=O) groups excluding carboxylic acids is 1. The van der Waals surface area contributed by atoms with Crippen LogP contribution in [0.3, 0.4) is 0 Å². The number of hydrogen-bond acceptors (Lipinski definition) is 8. The minimum atomic E-state index is -0.285. The summed E-state index contributed by atoms with van der Waals surface area (Å²) >= 11 is 0. The fourth-order valence-corrected chi connectivity index (χ4v) is 3.57. The Bertz CT molecular complexity index is 1130. The van der Waals surface area contributed by atoms with Gasteiger partial charge in [-0.1, -0.05) is 24.2 Å². The first-order valence-corrected chi connectivity index (χ1v) is 10.7. The van der Waals surface area contributed by atoms with E-state index in [1.807, 2.05) is 63.9 Å². The van der Waals surface area contributed by atoms with Crippen LogP contribution in [-0.2, 0) is 24.4 Å². The van der Waals surface area contributed by atoms with Gasteiger partial charge in [0.25, 0.3) is 0 Å². The lowest BCUT2D eigenvalue weighted by Gasteiger charge is -2.32. The van der Waals surface area contributed by atoms with Crippen molar-refractivity contribution in [3.63, 3.8) is 0 Å². The number of benzene rings is 1. The van der Waals surface area contributed by atoms with E-state index in [9.17, 15) is 4.79 Å². The summed E-state index contributed by atoms with van der Waals surface area (Å²) in [4.78, 5) is 23.0. The smallest absolute Gasteiger partial charge is 0.246 e. The molecule has 0 spiro atoms. The third-order valence-electron chi connectivity index (χ3n) is 5.77. The van der Waals surface area contributed by atoms with Gasteiger partial charge in [-0.2, -0.15) is 4.98 Å². The second-order valence-electron chi connectivity index (χ2n) is 7.91. The molecule has 1 amide bonds. The van der Waals surface area contributed by atoms with Crippen molar-refractivity contribution in [2.75, 3.05) is 22.6 Å². The van der Waals surface area contributed by atoms with E-state index in [0.29, 0.717) is 30.6 Å². The number of anilines is 3. The Morgan fingerprint density at radius 1 is 1.22 bits per heavy atom. The molecule has 0 radical (unpaired) electrons. The molecule has 168 valence electrons. The van der Waals surface area contributed by atoms with Gasteiger partial charge in [-0.15, -0.1) is 0 Å². The Hall–Kier alpha value is -3.62.